The number of hydrogen-bond donors (Lipinski definition) is 2. The van der Waals surface area contributed by atoms with E-state index in [4.69, 9.17) is 0 Å². The lowest BCUT2D eigenvalue weighted by molar-refractivity contribution is -0.126. The van der Waals surface area contributed by atoms with Crippen molar-refractivity contribution in [2.75, 3.05) is 26.2 Å². The summed E-state index contributed by atoms with van der Waals surface area (Å²) in [4.78, 5) is 14.5. The van der Waals surface area contributed by atoms with Crippen LogP contribution in [0.4, 0.5) is 0 Å². The van der Waals surface area contributed by atoms with Gasteiger partial charge in [-0.3, -0.25) is 9.69 Å². The van der Waals surface area contributed by atoms with Crippen LogP contribution in [0.2, 0.25) is 0 Å². The topological polar surface area (TPSA) is 44.4 Å². The number of nitrogens with one attached hydrogen (secondary N) is 2. The van der Waals surface area contributed by atoms with E-state index in [9.17, 15) is 4.79 Å². The smallest absolute Gasteiger partial charge is 0.237 e. The van der Waals surface area contributed by atoms with Crippen LogP contribution in [0.3, 0.4) is 0 Å². The summed E-state index contributed by atoms with van der Waals surface area (Å²) in [5.41, 5.74) is 0. The molecule has 2 N–H and O–H groups in total. The lowest BCUT2D eigenvalue weighted by Crippen LogP contribution is -2.51. The molecular formula is C15H27N3O. The molecule has 0 aromatic rings. The van der Waals surface area contributed by atoms with E-state index in [1.54, 1.807) is 0 Å². The number of piperidine rings is 1. The third-order valence-corrected chi connectivity index (χ3v) is 4.87. The molecule has 0 bridgehead atoms. The summed E-state index contributed by atoms with van der Waals surface area (Å²) in [5.74, 6) is 1.23. The molecule has 1 amide bonds. The summed E-state index contributed by atoms with van der Waals surface area (Å²) in [6.45, 7) is 4.25. The van der Waals surface area contributed by atoms with Crippen molar-refractivity contribution in [3.8, 4) is 0 Å². The van der Waals surface area contributed by atoms with Crippen LogP contribution in [-0.4, -0.2) is 49.1 Å². The van der Waals surface area contributed by atoms with Crippen LogP contribution in [0.15, 0.2) is 0 Å². The minimum Gasteiger partial charge on any atom is -0.355 e. The van der Waals surface area contributed by atoms with Crippen LogP contribution in [-0.2, 0) is 4.79 Å². The minimum absolute atomic E-state index is 0.145. The second kappa shape index (κ2) is 6.23. The first-order valence-electron chi connectivity index (χ1n) is 8.08. The van der Waals surface area contributed by atoms with Gasteiger partial charge in [-0.25, -0.2) is 0 Å². The standard InChI is InChI=1S/C15H27N3O/c19-15-14(3-1-2-8-16-15)18-9-6-13(7-10-18)17-11-12-4-5-12/h12-14,17H,1-11H2,(H,16,19). The molecular weight excluding hydrogens is 238 g/mol. The summed E-state index contributed by atoms with van der Waals surface area (Å²) in [5, 5.41) is 6.76. The highest BCUT2D eigenvalue weighted by atomic mass is 16.2. The molecule has 1 atom stereocenters. The van der Waals surface area contributed by atoms with E-state index in [2.05, 4.69) is 15.5 Å². The van der Waals surface area contributed by atoms with Crippen molar-refractivity contribution in [2.24, 2.45) is 5.92 Å². The first-order chi connectivity index (χ1) is 9.33. The molecule has 3 aliphatic rings. The molecule has 108 valence electrons. The van der Waals surface area contributed by atoms with Gasteiger partial charge in [0.25, 0.3) is 0 Å². The number of amides is 1. The SMILES string of the molecule is O=C1NCCCCC1N1CCC(NCC2CC2)CC1. The average Bonchev–Trinajstić information content (AvgIpc) is 3.25. The van der Waals surface area contributed by atoms with Gasteiger partial charge >= 0.3 is 0 Å². The van der Waals surface area contributed by atoms with Gasteiger partial charge in [0.2, 0.25) is 5.91 Å². The van der Waals surface area contributed by atoms with Crippen LogP contribution in [0.25, 0.3) is 0 Å². The van der Waals surface area contributed by atoms with E-state index in [1.807, 2.05) is 0 Å². The second-order valence-electron chi connectivity index (χ2n) is 6.46. The minimum atomic E-state index is 0.145. The van der Waals surface area contributed by atoms with Gasteiger partial charge in [0, 0.05) is 25.7 Å². The van der Waals surface area contributed by atoms with Gasteiger partial charge in [-0.2, -0.15) is 0 Å². The van der Waals surface area contributed by atoms with Crippen molar-refractivity contribution in [2.45, 2.75) is 57.0 Å². The Bertz CT molecular complexity index is 309. The molecule has 2 heterocycles. The molecule has 3 fully saturated rings. The molecule has 2 aliphatic heterocycles. The summed E-state index contributed by atoms with van der Waals surface area (Å²) in [6.07, 6.45) is 8.63. The maximum atomic E-state index is 12.0. The largest absolute Gasteiger partial charge is 0.355 e. The second-order valence-corrected chi connectivity index (χ2v) is 6.46. The fourth-order valence-corrected chi connectivity index (χ4v) is 3.34. The summed E-state index contributed by atoms with van der Waals surface area (Å²) in [7, 11) is 0. The Hall–Kier alpha value is -0.610. The molecule has 1 unspecified atom stereocenters. The number of carbonyl (C=O) groups is 1. The van der Waals surface area contributed by atoms with Crippen molar-refractivity contribution in [1.29, 1.82) is 0 Å². The van der Waals surface area contributed by atoms with Gasteiger partial charge in [0.1, 0.15) is 0 Å². The Labute approximate surface area is 116 Å². The zero-order valence-corrected chi connectivity index (χ0v) is 11.9. The maximum absolute atomic E-state index is 12.0. The van der Waals surface area contributed by atoms with Crippen molar-refractivity contribution >= 4 is 5.91 Å². The maximum Gasteiger partial charge on any atom is 0.237 e. The van der Waals surface area contributed by atoms with Gasteiger partial charge in [-0.05, 0) is 57.4 Å². The van der Waals surface area contributed by atoms with Gasteiger partial charge in [-0.1, -0.05) is 0 Å². The fourth-order valence-electron chi connectivity index (χ4n) is 3.34. The molecule has 3 rings (SSSR count). The van der Waals surface area contributed by atoms with Gasteiger partial charge in [0.15, 0.2) is 0 Å². The normalized spacial score (nSPS) is 30.9. The molecule has 0 radical (unpaired) electrons. The van der Waals surface area contributed by atoms with E-state index >= 15 is 0 Å². The van der Waals surface area contributed by atoms with Gasteiger partial charge in [-0.15, -0.1) is 0 Å². The molecule has 19 heavy (non-hydrogen) atoms. The van der Waals surface area contributed by atoms with Crippen LogP contribution in [0, 0.1) is 5.92 Å². The average molecular weight is 265 g/mol. The Balaban J connectivity index is 1.44. The first-order valence-corrected chi connectivity index (χ1v) is 8.08. The Morgan fingerprint density at radius 2 is 1.89 bits per heavy atom. The number of carbonyl (C=O) groups excluding carboxylic acids is 1. The zero-order valence-electron chi connectivity index (χ0n) is 11.9. The molecule has 4 nitrogen and oxygen atoms in total. The van der Waals surface area contributed by atoms with Crippen LogP contribution in [0.5, 0.6) is 0 Å². The van der Waals surface area contributed by atoms with Crippen molar-refractivity contribution in [1.82, 2.24) is 15.5 Å². The van der Waals surface area contributed by atoms with Crippen molar-refractivity contribution in [3.05, 3.63) is 0 Å². The highest BCUT2D eigenvalue weighted by Crippen LogP contribution is 2.28. The highest BCUT2D eigenvalue weighted by molar-refractivity contribution is 5.81. The third kappa shape index (κ3) is 3.69. The highest BCUT2D eigenvalue weighted by Gasteiger charge is 2.31. The molecule has 0 aromatic heterocycles. The molecule has 0 aromatic carbocycles. The summed E-state index contributed by atoms with van der Waals surface area (Å²) in [6, 6.07) is 0.831. The fraction of sp³-hybridized carbons (Fsp3) is 0.933. The quantitative estimate of drug-likeness (QED) is 0.800. The van der Waals surface area contributed by atoms with Gasteiger partial charge < -0.3 is 10.6 Å². The van der Waals surface area contributed by atoms with Gasteiger partial charge in [0.05, 0.1) is 6.04 Å². The molecule has 1 aliphatic carbocycles. The Morgan fingerprint density at radius 1 is 1.11 bits per heavy atom. The summed E-state index contributed by atoms with van der Waals surface area (Å²) < 4.78 is 0. The van der Waals surface area contributed by atoms with Crippen LogP contribution in [0.1, 0.15) is 44.9 Å². The summed E-state index contributed by atoms with van der Waals surface area (Å²) >= 11 is 0. The first kappa shape index (κ1) is 13.4. The number of nitrogens with zero attached hydrogens (tertiary/aromatic N) is 1. The zero-order chi connectivity index (χ0) is 13.1. The molecule has 0 spiro atoms. The number of hydrogen-bond acceptors (Lipinski definition) is 3. The number of rotatable bonds is 4. The van der Waals surface area contributed by atoms with E-state index < -0.39 is 0 Å². The van der Waals surface area contributed by atoms with Crippen molar-refractivity contribution < 1.29 is 4.79 Å². The van der Waals surface area contributed by atoms with Crippen molar-refractivity contribution in [3.63, 3.8) is 0 Å². The Kier molecular flexibility index (Phi) is 4.38. The third-order valence-electron chi connectivity index (χ3n) is 4.87. The van der Waals surface area contributed by atoms with Crippen LogP contribution >= 0.6 is 0 Å². The molecule has 1 saturated carbocycles. The number of likely N-dealkylation sites (tertiary alicyclic amines) is 1. The lowest BCUT2D eigenvalue weighted by atomic mass is 10.0. The van der Waals surface area contributed by atoms with E-state index in [0.29, 0.717) is 6.04 Å². The monoisotopic (exact) mass is 265 g/mol. The van der Waals surface area contributed by atoms with E-state index in [1.165, 1.54) is 38.6 Å². The predicted molar refractivity (Wildman–Crippen MR) is 76.0 cm³/mol. The van der Waals surface area contributed by atoms with E-state index in [-0.39, 0.29) is 11.9 Å². The molecule has 4 heteroatoms. The Morgan fingerprint density at radius 3 is 2.63 bits per heavy atom. The molecule has 2 saturated heterocycles. The van der Waals surface area contributed by atoms with E-state index in [0.717, 1.165) is 38.4 Å². The lowest BCUT2D eigenvalue weighted by Gasteiger charge is -2.36. The van der Waals surface area contributed by atoms with Crippen LogP contribution < -0.4 is 10.6 Å². The predicted octanol–water partition coefficient (Wildman–Crippen LogP) is 1.12.